The van der Waals surface area contributed by atoms with Crippen molar-refractivity contribution in [2.45, 2.75) is 26.4 Å². The Morgan fingerprint density at radius 2 is 1.80 bits per heavy atom. The van der Waals surface area contributed by atoms with E-state index < -0.39 is 17.5 Å². The van der Waals surface area contributed by atoms with Gasteiger partial charge in [0.05, 0.1) is 12.3 Å². The molecule has 0 saturated heterocycles. The van der Waals surface area contributed by atoms with Gasteiger partial charge in [0.25, 0.3) is 0 Å². The molecule has 0 atom stereocenters. The van der Waals surface area contributed by atoms with Crippen LogP contribution in [0, 0.1) is 17.5 Å². The molecule has 0 fully saturated rings. The molecule has 1 aromatic carbocycles. The fourth-order valence-corrected chi connectivity index (χ4v) is 2.18. The van der Waals surface area contributed by atoms with Crippen LogP contribution in [0.2, 0.25) is 5.15 Å². The van der Waals surface area contributed by atoms with Crippen molar-refractivity contribution in [3.63, 3.8) is 0 Å². The molecular weight excluding hydrogens is 293 g/mol. The Bertz CT molecular complexity index is 656. The highest BCUT2D eigenvalue weighted by Crippen LogP contribution is 2.29. The first-order valence-corrected chi connectivity index (χ1v) is 6.27. The van der Waals surface area contributed by atoms with Crippen LogP contribution in [0.25, 0.3) is 5.69 Å². The van der Waals surface area contributed by atoms with Gasteiger partial charge in [0.1, 0.15) is 10.8 Å². The predicted molar refractivity (Wildman–Crippen MR) is 68.5 cm³/mol. The third-order valence-corrected chi connectivity index (χ3v) is 3.26. The van der Waals surface area contributed by atoms with Crippen LogP contribution in [0.15, 0.2) is 12.1 Å². The van der Waals surface area contributed by atoms with Gasteiger partial charge in [-0.3, -0.25) is 0 Å². The quantitative estimate of drug-likeness (QED) is 0.881. The molecule has 0 spiro atoms. The van der Waals surface area contributed by atoms with E-state index in [1.54, 1.807) is 0 Å². The van der Waals surface area contributed by atoms with Crippen LogP contribution in [0.3, 0.4) is 0 Å². The molecule has 0 radical (unpaired) electrons. The first kappa shape index (κ1) is 14.9. The topological polar surface area (TPSA) is 38.0 Å². The molecule has 0 saturated carbocycles. The molecule has 1 aromatic heterocycles. The summed E-state index contributed by atoms with van der Waals surface area (Å²) in [6.45, 7) is 3.27. The van der Waals surface area contributed by atoms with Crippen LogP contribution in [0.1, 0.15) is 31.0 Å². The predicted octanol–water partition coefficient (Wildman–Crippen LogP) is 3.56. The van der Waals surface area contributed by atoms with Gasteiger partial charge in [0.15, 0.2) is 17.5 Å². The summed E-state index contributed by atoms with van der Waals surface area (Å²) >= 11 is 6.03. The normalized spacial score (nSPS) is 11.4. The zero-order chi connectivity index (χ0) is 15.0. The van der Waals surface area contributed by atoms with Gasteiger partial charge in [-0.25, -0.2) is 17.9 Å². The van der Waals surface area contributed by atoms with Crippen molar-refractivity contribution >= 4 is 11.6 Å². The summed E-state index contributed by atoms with van der Waals surface area (Å²) in [5.74, 6) is -3.55. The minimum atomic E-state index is -1.29. The summed E-state index contributed by atoms with van der Waals surface area (Å²) < 4.78 is 40.9. The van der Waals surface area contributed by atoms with Crippen molar-refractivity contribution in [2.24, 2.45) is 0 Å². The summed E-state index contributed by atoms with van der Waals surface area (Å²) in [6, 6.07) is 1.10. The molecule has 0 aliphatic heterocycles. The Morgan fingerprint density at radius 1 is 1.20 bits per heavy atom. The summed E-state index contributed by atoms with van der Waals surface area (Å²) in [4.78, 5) is 0. The van der Waals surface area contributed by atoms with E-state index in [1.807, 2.05) is 13.8 Å². The van der Waals surface area contributed by atoms with Gasteiger partial charge in [-0.15, -0.1) is 0 Å². The number of aliphatic hydroxyl groups excluding tert-OH is 1. The molecule has 0 bridgehead atoms. The molecule has 2 aromatic rings. The highest BCUT2D eigenvalue weighted by molar-refractivity contribution is 6.30. The van der Waals surface area contributed by atoms with Crippen molar-refractivity contribution in [1.29, 1.82) is 0 Å². The molecule has 2 rings (SSSR count). The van der Waals surface area contributed by atoms with Crippen molar-refractivity contribution in [1.82, 2.24) is 9.78 Å². The van der Waals surface area contributed by atoms with E-state index in [2.05, 4.69) is 5.10 Å². The molecule has 0 amide bonds. The number of benzene rings is 1. The fraction of sp³-hybridized carbons (Fsp3) is 0.308. The van der Waals surface area contributed by atoms with Gasteiger partial charge in [-0.1, -0.05) is 25.4 Å². The molecule has 20 heavy (non-hydrogen) atoms. The Morgan fingerprint density at radius 3 is 2.30 bits per heavy atom. The van der Waals surface area contributed by atoms with Gasteiger partial charge >= 0.3 is 0 Å². The van der Waals surface area contributed by atoms with Gasteiger partial charge < -0.3 is 5.11 Å². The molecule has 1 N–H and O–H groups in total. The van der Waals surface area contributed by atoms with Gasteiger partial charge in [-0.2, -0.15) is 5.10 Å². The number of rotatable bonds is 3. The second-order valence-corrected chi connectivity index (χ2v) is 4.95. The monoisotopic (exact) mass is 304 g/mol. The van der Waals surface area contributed by atoms with Gasteiger partial charge in [-0.05, 0) is 5.92 Å². The first-order valence-electron chi connectivity index (χ1n) is 5.89. The molecular formula is C13H12ClF3N2O. The number of nitrogens with zero attached hydrogens (tertiary/aromatic N) is 2. The van der Waals surface area contributed by atoms with Crippen LogP contribution in [0.4, 0.5) is 13.2 Å². The highest BCUT2D eigenvalue weighted by atomic mass is 35.5. The lowest BCUT2D eigenvalue weighted by molar-refractivity contribution is 0.280. The maximum absolute atomic E-state index is 13.8. The third-order valence-electron chi connectivity index (χ3n) is 2.87. The molecule has 0 aliphatic rings. The smallest absolute Gasteiger partial charge is 0.161 e. The van der Waals surface area contributed by atoms with E-state index in [9.17, 15) is 18.3 Å². The lowest BCUT2D eigenvalue weighted by atomic mass is 10.1. The number of aromatic nitrogens is 2. The number of hydrogen-bond acceptors (Lipinski definition) is 2. The Kier molecular flexibility index (Phi) is 4.06. The van der Waals surface area contributed by atoms with E-state index in [4.69, 9.17) is 11.6 Å². The first-order chi connectivity index (χ1) is 9.36. The minimum absolute atomic E-state index is 0.0268. The van der Waals surface area contributed by atoms with Crippen molar-refractivity contribution < 1.29 is 18.3 Å². The van der Waals surface area contributed by atoms with Crippen molar-refractivity contribution in [3.8, 4) is 5.69 Å². The van der Waals surface area contributed by atoms with Crippen molar-refractivity contribution in [2.75, 3.05) is 0 Å². The Balaban J connectivity index is 2.67. The third kappa shape index (κ3) is 2.41. The SMILES string of the molecule is CC(C)c1nn(-c2cc(F)c(F)cc2F)c(Cl)c1CO. The maximum Gasteiger partial charge on any atom is 0.161 e. The molecule has 108 valence electrons. The van der Waals surface area contributed by atoms with Gasteiger partial charge in [0.2, 0.25) is 0 Å². The molecule has 0 unspecified atom stereocenters. The summed E-state index contributed by atoms with van der Waals surface area (Å²) in [5, 5.41) is 13.4. The van der Waals surface area contributed by atoms with E-state index in [0.29, 0.717) is 23.4 Å². The largest absolute Gasteiger partial charge is 0.391 e. The van der Waals surface area contributed by atoms with Crippen LogP contribution >= 0.6 is 11.6 Å². The van der Waals surface area contributed by atoms with Crippen LogP contribution in [0.5, 0.6) is 0 Å². The standard InChI is InChI=1S/C13H12ClF3N2O/c1-6(2)12-7(5-20)13(14)19(18-12)11-4-9(16)8(15)3-10(11)17/h3-4,6,20H,5H2,1-2H3. The lowest BCUT2D eigenvalue weighted by Gasteiger charge is -2.06. The maximum atomic E-state index is 13.8. The number of aliphatic hydroxyl groups is 1. The Hall–Kier alpha value is -1.53. The van der Waals surface area contributed by atoms with E-state index >= 15 is 0 Å². The molecule has 0 aliphatic carbocycles. The van der Waals surface area contributed by atoms with E-state index in [1.165, 1.54) is 0 Å². The van der Waals surface area contributed by atoms with Crippen molar-refractivity contribution in [3.05, 3.63) is 46.0 Å². The van der Waals surface area contributed by atoms with E-state index in [0.717, 1.165) is 4.68 Å². The molecule has 1 heterocycles. The minimum Gasteiger partial charge on any atom is -0.391 e. The average Bonchev–Trinajstić information content (AvgIpc) is 2.71. The molecule has 3 nitrogen and oxygen atoms in total. The zero-order valence-corrected chi connectivity index (χ0v) is 11.5. The lowest BCUT2D eigenvalue weighted by Crippen LogP contribution is -2.03. The van der Waals surface area contributed by atoms with Gasteiger partial charge in [0, 0.05) is 17.7 Å². The van der Waals surface area contributed by atoms with Crippen LogP contribution < -0.4 is 0 Å². The summed E-state index contributed by atoms with van der Waals surface area (Å²) in [5.41, 5.74) is 0.503. The molecule has 7 heteroatoms. The number of halogens is 4. The summed E-state index contributed by atoms with van der Waals surface area (Å²) in [6.07, 6.45) is 0. The Labute approximate surface area is 118 Å². The average molecular weight is 305 g/mol. The fourth-order valence-electron chi connectivity index (χ4n) is 1.89. The van der Waals surface area contributed by atoms with E-state index in [-0.39, 0.29) is 23.4 Å². The summed E-state index contributed by atoms with van der Waals surface area (Å²) in [7, 11) is 0. The second-order valence-electron chi connectivity index (χ2n) is 4.60. The number of hydrogen-bond donors (Lipinski definition) is 1. The van der Waals surface area contributed by atoms with Crippen LogP contribution in [-0.2, 0) is 6.61 Å². The van der Waals surface area contributed by atoms with Crippen LogP contribution in [-0.4, -0.2) is 14.9 Å². The highest BCUT2D eigenvalue weighted by Gasteiger charge is 2.21. The second kappa shape index (κ2) is 5.46. The zero-order valence-electron chi connectivity index (χ0n) is 10.8.